The Hall–Kier alpha value is -4.35. The first-order valence-electron chi connectivity index (χ1n) is 7.81. The van der Waals surface area contributed by atoms with E-state index in [4.69, 9.17) is 0 Å². The first-order chi connectivity index (χ1) is 13.4. The van der Waals surface area contributed by atoms with Crippen LogP contribution >= 0.6 is 0 Å². The highest BCUT2D eigenvalue weighted by Gasteiger charge is 2.21. The Balaban J connectivity index is 2.02. The molecule has 1 aromatic heterocycles. The third kappa shape index (κ3) is 3.75. The quantitative estimate of drug-likeness (QED) is 0.472. The highest BCUT2D eigenvalue weighted by Crippen LogP contribution is 2.28. The lowest BCUT2D eigenvalue weighted by atomic mass is 10.1. The van der Waals surface area contributed by atoms with Crippen LogP contribution in [0.15, 0.2) is 58.1 Å². The topological polar surface area (TPSA) is 166 Å². The maximum atomic E-state index is 12.6. The van der Waals surface area contributed by atoms with Crippen molar-refractivity contribution in [2.75, 3.05) is 5.43 Å². The summed E-state index contributed by atoms with van der Waals surface area (Å²) in [6.45, 7) is 0. The number of anilines is 1. The molecule has 0 radical (unpaired) electrons. The molecule has 12 heteroatoms. The molecule has 3 rings (SSSR count). The van der Waals surface area contributed by atoms with Crippen LogP contribution in [0.4, 0.5) is 17.1 Å². The van der Waals surface area contributed by atoms with E-state index >= 15 is 0 Å². The van der Waals surface area contributed by atoms with Gasteiger partial charge in [-0.05, 0) is 11.6 Å². The first kappa shape index (κ1) is 18.4. The number of nitrogens with zero attached hydrogens (tertiary/aromatic N) is 4. The van der Waals surface area contributed by atoms with Crippen LogP contribution in [0.5, 0.6) is 0 Å². The van der Waals surface area contributed by atoms with E-state index < -0.39 is 32.5 Å². The van der Waals surface area contributed by atoms with Gasteiger partial charge >= 0.3 is 11.4 Å². The van der Waals surface area contributed by atoms with Gasteiger partial charge in [-0.2, -0.15) is 9.77 Å². The molecule has 0 saturated heterocycles. The molecule has 0 aliphatic rings. The molecular formula is C16H12N6O6. The van der Waals surface area contributed by atoms with Crippen molar-refractivity contribution in [2.45, 2.75) is 6.42 Å². The minimum Gasteiger partial charge on any atom is -0.280 e. The summed E-state index contributed by atoms with van der Waals surface area (Å²) >= 11 is 0. The normalized spacial score (nSPS) is 10.4. The van der Waals surface area contributed by atoms with Crippen molar-refractivity contribution in [1.82, 2.24) is 14.9 Å². The van der Waals surface area contributed by atoms with Crippen molar-refractivity contribution in [3.63, 3.8) is 0 Å². The largest absolute Gasteiger partial charge is 0.364 e. The molecule has 0 unspecified atom stereocenters. The molecule has 0 atom stereocenters. The van der Waals surface area contributed by atoms with Gasteiger partial charge < -0.3 is 0 Å². The van der Waals surface area contributed by atoms with Crippen molar-refractivity contribution < 1.29 is 9.85 Å². The first-order valence-corrected chi connectivity index (χ1v) is 7.81. The van der Waals surface area contributed by atoms with Crippen LogP contribution in [0.1, 0.15) is 11.3 Å². The number of aromatic amines is 1. The van der Waals surface area contributed by atoms with Crippen molar-refractivity contribution in [2.24, 2.45) is 0 Å². The molecule has 2 aromatic carbocycles. The Kier molecular flexibility index (Phi) is 4.93. The number of non-ortho nitro benzene ring substituents is 1. The summed E-state index contributed by atoms with van der Waals surface area (Å²) < 4.78 is 0.527. The zero-order chi connectivity index (χ0) is 20.3. The Bertz CT molecular complexity index is 1170. The number of nitro groups is 2. The van der Waals surface area contributed by atoms with Gasteiger partial charge in [0.1, 0.15) is 11.4 Å². The van der Waals surface area contributed by atoms with E-state index in [0.717, 1.165) is 23.8 Å². The van der Waals surface area contributed by atoms with Gasteiger partial charge in [0.15, 0.2) is 0 Å². The molecule has 0 spiro atoms. The predicted octanol–water partition coefficient (Wildman–Crippen LogP) is 1.21. The molecule has 142 valence electrons. The molecule has 0 saturated carbocycles. The van der Waals surface area contributed by atoms with Crippen molar-refractivity contribution in [1.29, 1.82) is 0 Å². The van der Waals surface area contributed by atoms with Gasteiger partial charge in [-0.25, -0.2) is 9.89 Å². The van der Waals surface area contributed by atoms with Gasteiger partial charge in [-0.3, -0.25) is 30.4 Å². The fraction of sp³-hybridized carbons (Fsp3) is 0.0625. The molecule has 1 heterocycles. The van der Waals surface area contributed by atoms with Gasteiger partial charge in [0.25, 0.3) is 11.2 Å². The highest BCUT2D eigenvalue weighted by molar-refractivity contribution is 5.65. The maximum absolute atomic E-state index is 12.6. The molecule has 2 N–H and O–H groups in total. The van der Waals surface area contributed by atoms with E-state index in [-0.39, 0.29) is 17.8 Å². The van der Waals surface area contributed by atoms with Crippen molar-refractivity contribution in [3.05, 3.63) is 101 Å². The SMILES string of the molecule is O=c1[nH]nc(Cc2ccccc2)c(=O)n1Nc1ccc([N+](=O)[O-])cc1[N+](=O)[O-]. The molecule has 3 aromatic rings. The zero-order valence-corrected chi connectivity index (χ0v) is 14.1. The van der Waals surface area contributed by atoms with Crippen LogP contribution in [0.3, 0.4) is 0 Å². The summed E-state index contributed by atoms with van der Waals surface area (Å²) in [5, 5.41) is 27.9. The summed E-state index contributed by atoms with van der Waals surface area (Å²) in [5.41, 5.74) is -0.0735. The molecule has 28 heavy (non-hydrogen) atoms. The highest BCUT2D eigenvalue weighted by atomic mass is 16.6. The van der Waals surface area contributed by atoms with Gasteiger partial charge in [-0.1, -0.05) is 30.3 Å². The average molecular weight is 384 g/mol. The van der Waals surface area contributed by atoms with Crippen LogP contribution in [0.2, 0.25) is 0 Å². The summed E-state index contributed by atoms with van der Waals surface area (Å²) in [5.74, 6) is 0. The van der Waals surface area contributed by atoms with Gasteiger partial charge in [0.2, 0.25) is 0 Å². The summed E-state index contributed by atoms with van der Waals surface area (Å²) in [6.07, 6.45) is 0.125. The Morgan fingerprint density at radius 2 is 1.75 bits per heavy atom. The van der Waals surface area contributed by atoms with Gasteiger partial charge in [-0.15, -0.1) is 0 Å². The van der Waals surface area contributed by atoms with Crippen LogP contribution in [0, 0.1) is 20.2 Å². The summed E-state index contributed by atoms with van der Waals surface area (Å²) in [4.78, 5) is 45.0. The van der Waals surface area contributed by atoms with Gasteiger partial charge in [0.05, 0.1) is 15.9 Å². The van der Waals surface area contributed by atoms with Crippen LogP contribution < -0.4 is 16.7 Å². The van der Waals surface area contributed by atoms with E-state index in [0.29, 0.717) is 4.68 Å². The van der Waals surface area contributed by atoms with E-state index in [1.165, 1.54) is 0 Å². The average Bonchev–Trinajstić information content (AvgIpc) is 2.68. The molecule has 0 bridgehead atoms. The number of hydrogen-bond donors (Lipinski definition) is 2. The number of rotatable bonds is 6. The predicted molar refractivity (Wildman–Crippen MR) is 97.1 cm³/mol. The fourth-order valence-electron chi connectivity index (χ4n) is 2.44. The lowest BCUT2D eigenvalue weighted by Gasteiger charge is -2.09. The molecule has 0 aliphatic carbocycles. The van der Waals surface area contributed by atoms with Crippen LogP contribution in [-0.2, 0) is 6.42 Å². The summed E-state index contributed by atoms with van der Waals surface area (Å²) in [6, 6.07) is 11.7. The lowest BCUT2D eigenvalue weighted by Crippen LogP contribution is -2.42. The molecule has 0 fully saturated rings. The van der Waals surface area contributed by atoms with Crippen molar-refractivity contribution >= 4 is 17.1 Å². The number of benzene rings is 2. The molecule has 12 nitrogen and oxygen atoms in total. The number of hydrogen-bond acceptors (Lipinski definition) is 8. The Morgan fingerprint density at radius 3 is 2.39 bits per heavy atom. The van der Waals surface area contributed by atoms with E-state index in [1.54, 1.807) is 30.3 Å². The summed E-state index contributed by atoms with van der Waals surface area (Å²) in [7, 11) is 0. The minimum absolute atomic E-state index is 0.00265. The molecule has 0 amide bonds. The number of H-pyrrole nitrogens is 1. The fourth-order valence-corrected chi connectivity index (χ4v) is 2.44. The lowest BCUT2D eigenvalue weighted by molar-refractivity contribution is -0.393. The third-order valence-corrected chi connectivity index (χ3v) is 3.78. The smallest absolute Gasteiger partial charge is 0.280 e. The van der Waals surface area contributed by atoms with E-state index in [2.05, 4.69) is 15.6 Å². The van der Waals surface area contributed by atoms with E-state index in [9.17, 15) is 29.8 Å². The standard InChI is InChI=1S/C16H12N6O6/c23-15-13(8-10-4-2-1-3-5-10)17-18-16(24)20(15)19-12-7-6-11(21(25)26)9-14(12)22(27)28/h1-7,9,19H,8H2,(H,18,24). The van der Waals surface area contributed by atoms with Crippen LogP contribution in [-0.4, -0.2) is 24.7 Å². The molecular weight excluding hydrogens is 372 g/mol. The monoisotopic (exact) mass is 384 g/mol. The number of nitrogens with one attached hydrogen (secondary N) is 2. The zero-order valence-electron chi connectivity index (χ0n) is 14.1. The Labute approximate surface area is 155 Å². The Morgan fingerprint density at radius 1 is 1.04 bits per heavy atom. The van der Waals surface area contributed by atoms with Gasteiger partial charge in [0, 0.05) is 12.5 Å². The minimum atomic E-state index is -0.950. The number of aromatic nitrogens is 3. The van der Waals surface area contributed by atoms with Crippen molar-refractivity contribution in [3.8, 4) is 0 Å². The third-order valence-electron chi connectivity index (χ3n) is 3.78. The maximum Gasteiger partial charge on any atom is 0.364 e. The second-order valence-electron chi connectivity index (χ2n) is 5.61. The number of nitro benzene ring substituents is 2. The van der Waals surface area contributed by atoms with Crippen LogP contribution in [0.25, 0.3) is 0 Å². The van der Waals surface area contributed by atoms with E-state index in [1.807, 2.05) is 0 Å². The second-order valence-corrected chi connectivity index (χ2v) is 5.61. The second kappa shape index (κ2) is 7.49. The molecule has 0 aliphatic heterocycles.